The average Bonchev–Trinajstić information content (AvgIpc) is 3.15. The first-order valence-corrected chi connectivity index (χ1v) is 10.4. The summed E-state index contributed by atoms with van der Waals surface area (Å²) in [5.41, 5.74) is 0.996. The number of hydrogen-bond donors (Lipinski definition) is 1. The lowest BCUT2D eigenvalue weighted by atomic mass is 10.2. The maximum Gasteiger partial charge on any atom is 0.242 e. The minimum atomic E-state index is -0.203. The van der Waals surface area contributed by atoms with Gasteiger partial charge < -0.3 is 10.2 Å². The molecule has 0 saturated carbocycles. The third-order valence-corrected chi connectivity index (χ3v) is 5.35. The number of carbonyl (C=O) groups excluding carboxylic acids is 1. The van der Waals surface area contributed by atoms with Gasteiger partial charge in [0.15, 0.2) is 0 Å². The molecule has 1 atom stereocenters. The Kier molecular flexibility index (Phi) is 6.52. The normalized spacial score (nSPS) is 16.5. The van der Waals surface area contributed by atoms with Crippen LogP contribution in [0.5, 0.6) is 0 Å². The fraction of sp³-hybridized carbons (Fsp3) is 0.619. The van der Waals surface area contributed by atoms with Crippen LogP contribution in [-0.2, 0) is 4.79 Å². The maximum atomic E-state index is 12.8. The fourth-order valence-corrected chi connectivity index (χ4v) is 3.55. The number of nitrogens with zero attached hydrogens (tertiary/aromatic N) is 6. The van der Waals surface area contributed by atoms with Crippen LogP contribution in [0.3, 0.4) is 0 Å². The number of hydrogen-bond acceptors (Lipinski definition) is 6. The van der Waals surface area contributed by atoms with Crippen molar-refractivity contribution >= 4 is 17.5 Å². The number of rotatable bonds is 6. The molecule has 1 N–H and O–H groups in total. The quantitative estimate of drug-likeness (QED) is 0.805. The molecule has 1 aliphatic heterocycles. The monoisotopic (exact) mass is 399 g/mol. The Morgan fingerprint density at radius 2 is 1.76 bits per heavy atom. The van der Waals surface area contributed by atoms with Crippen LogP contribution in [0.2, 0.25) is 0 Å². The predicted octanol–water partition coefficient (Wildman–Crippen LogP) is 2.84. The van der Waals surface area contributed by atoms with Crippen LogP contribution in [0.4, 0.5) is 11.6 Å². The fourth-order valence-electron chi connectivity index (χ4n) is 3.55. The van der Waals surface area contributed by atoms with E-state index >= 15 is 0 Å². The molecule has 0 bridgehead atoms. The Morgan fingerprint density at radius 3 is 2.38 bits per heavy atom. The van der Waals surface area contributed by atoms with Gasteiger partial charge in [-0.3, -0.25) is 9.69 Å². The van der Waals surface area contributed by atoms with E-state index in [1.165, 1.54) is 0 Å². The predicted molar refractivity (Wildman–Crippen MR) is 115 cm³/mol. The van der Waals surface area contributed by atoms with Crippen molar-refractivity contribution in [1.82, 2.24) is 24.6 Å². The van der Waals surface area contributed by atoms with Crippen LogP contribution in [-0.4, -0.2) is 62.8 Å². The lowest BCUT2D eigenvalue weighted by molar-refractivity contribution is -0.120. The first kappa shape index (κ1) is 21.2. The van der Waals surface area contributed by atoms with Crippen molar-refractivity contribution in [3.05, 3.63) is 29.8 Å². The first-order valence-electron chi connectivity index (χ1n) is 10.4. The zero-order valence-corrected chi connectivity index (χ0v) is 18.4. The van der Waals surface area contributed by atoms with Gasteiger partial charge in [-0.15, -0.1) is 0 Å². The van der Waals surface area contributed by atoms with Gasteiger partial charge in [-0.25, -0.2) is 14.6 Å². The van der Waals surface area contributed by atoms with Crippen LogP contribution in [0, 0.1) is 6.92 Å². The Balaban J connectivity index is 1.60. The van der Waals surface area contributed by atoms with Gasteiger partial charge in [-0.1, -0.05) is 13.8 Å². The Morgan fingerprint density at radius 1 is 1.07 bits per heavy atom. The van der Waals surface area contributed by atoms with E-state index in [0.717, 1.165) is 49.3 Å². The summed E-state index contributed by atoms with van der Waals surface area (Å²) < 4.78 is 1.83. The largest absolute Gasteiger partial charge is 0.354 e. The number of amides is 1. The second-order valence-corrected chi connectivity index (χ2v) is 8.32. The molecule has 2 aromatic rings. The van der Waals surface area contributed by atoms with E-state index < -0.39 is 0 Å². The van der Waals surface area contributed by atoms with Gasteiger partial charge in [-0.05, 0) is 27.7 Å². The zero-order chi connectivity index (χ0) is 21.1. The van der Waals surface area contributed by atoms with E-state index in [4.69, 9.17) is 4.98 Å². The Hall–Kier alpha value is -2.48. The molecule has 0 spiro atoms. The molecular weight excluding hydrogens is 366 g/mol. The van der Waals surface area contributed by atoms with E-state index in [0.29, 0.717) is 5.92 Å². The highest BCUT2D eigenvalue weighted by Crippen LogP contribution is 2.20. The van der Waals surface area contributed by atoms with E-state index in [1.807, 2.05) is 44.5 Å². The van der Waals surface area contributed by atoms with E-state index in [2.05, 4.69) is 39.0 Å². The number of anilines is 2. The van der Waals surface area contributed by atoms with Crippen molar-refractivity contribution in [2.45, 2.75) is 59.5 Å². The first-order chi connectivity index (χ1) is 13.8. The van der Waals surface area contributed by atoms with Crippen LogP contribution < -0.4 is 10.2 Å². The van der Waals surface area contributed by atoms with Gasteiger partial charge >= 0.3 is 0 Å². The van der Waals surface area contributed by atoms with Crippen LogP contribution >= 0.6 is 0 Å². The minimum Gasteiger partial charge on any atom is -0.354 e. The number of aryl methyl sites for hydroxylation is 1. The molecule has 0 radical (unpaired) electrons. The summed E-state index contributed by atoms with van der Waals surface area (Å²) in [5.74, 6) is 2.92. The molecule has 1 unspecified atom stereocenters. The number of carbonyl (C=O) groups is 1. The molecule has 8 nitrogen and oxygen atoms in total. The molecule has 1 saturated heterocycles. The van der Waals surface area contributed by atoms with E-state index in [1.54, 1.807) is 6.20 Å². The second-order valence-electron chi connectivity index (χ2n) is 8.32. The van der Waals surface area contributed by atoms with Gasteiger partial charge in [0.1, 0.15) is 17.5 Å². The maximum absolute atomic E-state index is 12.8. The smallest absolute Gasteiger partial charge is 0.242 e. The summed E-state index contributed by atoms with van der Waals surface area (Å²) in [6, 6.07) is 3.88. The van der Waals surface area contributed by atoms with Crippen molar-refractivity contribution in [3.63, 3.8) is 0 Å². The highest BCUT2D eigenvalue weighted by atomic mass is 16.2. The topological polar surface area (TPSA) is 79.2 Å². The molecule has 2 aromatic heterocycles. The second kappa shape index (κ2) is 8.90. The summed E-state index contributed by atoms with van der Waals surface area (Å²) in [5, 5.41) is 7.31. The summed E-state index contributed by atoms with van der Waals surface area (Å²) in [7, 11) is 0. The third kappa shape index (κ3) is 4.93. The Labute approximate surface area is 173 Å². The van der Waals surface area contributed by atoms with Crippen molar-refractivity contribution in [2.75, 3.05) is 36.4 Å². The highest BCUT2D eigenvalue weighted by molar-refractivity contribution is 5.93. The van der Waals surface area contributed by atoms with Crippen LogP contribution in [0.15, 0.2) is 18.3 Å². The number of aromatic nitrogens is 4. The van der Waals surface area contributed by atoms with Gasteiger partial charge in [-0.2, -0.15) is 5.10 Å². The lowest BCUT2D eigenvalue weighted by Crippen LogP contribution is -2.53. The summed E-state index contributed by atoms with van der Waals surface area (Å²) in [6.45, 7) is 15.6. The SMILES string of the molecule is Cc1cc(N2CCN(C(C)C(=O)Nc3ccnn3C(C)C)CC2)nc(C(C)C)n1. The molecule has 3 rings (SSSR count). The molecule has 3 heterocycles. The van der Waals surface area contributed by atoms with E-state index in [-0.39, 0.29) is 18.0 Å². The molecule has 1 aliphatic rings. The number of piperazine rings is 1. The summed E-state index contributed by atoms with van der Waals surface area (Å²) in [4.78, 5) is 26.6. The molecule has 1 amide bonds. The van der Waals surface area contributed by atoms with Crippen molar-refractivity contribution in [2.24, 2.45) is 0 Å². The minimum absolute atomic E-state index is 0.000764. The third-order valence-electron chi connectivity index (χ3n) is 5.35. The van der Waals surface area contributed by atoms with Crippen molar-refractivity contribution in [1.29, 1.82) is 0 Å². The molecule has 29 heavy (non-hydrogen) atoms. The van der Waals surface area contributed by atoms with Crippen molar-refractivity contribution in [3.8, 4) is 0 Å². The lowest BCUT2D eigenvalue weighted by Gasteiger charge is -2.38. The molecule has 0 aliphatic carbocycles. The Bertz CT molecular complexity index is 837. The van der Waals surface area contributed by atoms with Gasteiger partial charge in [0.05, 0.1) is 12.2 Å². The van der Waals surface area contributed by atoms with Crippen molar-refractivity contribution < 1.29 is 4.79 Å². The zero-order valence-electron chi connectivity index (χ0n) is 18.4. The number of nitrogens with one attached hydrogen (secondary N) is 1. The summed E-state index contributed by atoms with van der Waals surface area (Å²) in [6.07, 6.45) is 1.72. The van der Waals surface area contributed by atoms with Gasteiger partial charge in [0.25, 0.3) is 0 Å². The van der Waals surface area contributed by atoms with E-state index in [9.17, 15) is 4.79 Å². The molecule has 0 aromatic carbocycles. The van der Waals surface area contributed by atoms with Crippen LogP contribution in [0.1, 0.15) is 58.1 Å². The highest BCUT2D eigenvalue weighted by Gasteiger charge is 2.27. The molecular formula is C21H33N7O. The molecule has 1 fully saturated rings. The van der Waals surface area contributed by atoms with Crippen LogP contribution in [0.25, 0.3) is 0 Å². The average molecular weight is 400 g/mol. The van der Waals surface area contributed by atoms with Gasteiger partial charge in [0, 0.05) is 56.0 Å². The summed E-state index contributed by atoms with van der Waals surface area (Å²) >= 11 is 0. The standard InChI is InChI=1S/C21H33N7O/c1-14(2)20-23-16(5)13-19(24-20)27-11-9-26(10-12-27)17(6)21(29)25-18-7-8-22-28(18)15(3)4/h7-8,13-15,17H,9-12H2,1-6H3,(H,25,29). The van der Waals surface area contributed by atoms with Gasteiger partial charge in [0.2, 0.25) is 5.91 Å². The molecule has 8 heteroatoms. The molecule has 158 valence electrons.